The fraction of sp³-hybridized carbons (Fsp3) is 0.600. The average molecular weight is 312 g/mol. The first-order chi connectivity index (χ1) is 10.1. The summed E-state index contributed by atoms with van der Waals surface area (Å²) in [6, 6.07) is 1.46. The fourth-order valence-corrected chi connectivity index (χ4v) is 2.68. The quantitative estimate of drug-likeness (QED) is 0.781. The number of carbonyl (C=O) groups is 1. The molecule has 1 aliphatic rings. The highest BCUT2D eigenvalue weighted by molar-refractivity contribution is 6.33. The normalized spacial score (nSPS) is 21.9. The Morgan fingerprint density at radius 2 is 2.24 bits per heavy atom. The van der Waals surface area contributed by atoms with Crippen LogP contribution >= 0.6 is 11.6 Å². The van der Waals surface area contributed by atoms with E-state index in [-0.39, 0.29) is 11.9 Å². The molecular formula is C15H22ClN3O2. The number of carbonyl (C=O) groups excluding carboxylic acids is 1. The van der Waals surface area contributed by atoms with Crippen molar-refractivity contribution in [1.82, 2.24) is 10.3 Å². The minimum absolute atomic E-state index is 0.192. The minimum Gasteiger partial charge on any atom is -0.391 e. The molecule has 1 aromatic rings. The smallest absolute Gasteiger partial charge is 0.253 e. The van der Waals surface area contributed by atoms with Gasteiger partial charge in [0.2, 0.25) is 0 Å². The SMILES string of the molecule is CCCNc1cc(C(=O)NC2CCCCC2O)c(Cl)cn1. The molecule has 1 heterocycles. The lowest BCUT2D eigenvalue weighted by Gasteiger charge is -2.28. The summed E-state index contributed by atoms with van der Waals surface area (Å²) in [5.74, 6) is 0.378. The van der Waals surface area contributed by atoms with E-state index in [0.29, 0.717) is 16.4 Å². The van der Waals surface area contributed by atoms with Crippen molar-refractivity contribution in [1.29, 1.82) is 0 Å². The lowest BCUT2D eigenvalue weighted by molar-refractivity contribution is 0.0717. The molecule has 1 fully saturated rings. The number of halogens is 1. The lowest BCUT2D eigenvalue weighted by atomic mass is 9.92. The molecule has 0 saturated heterocycles. The summed E-state index contributed by atoms with van der Waals surface area (Å²) < 4.78 is 0. The third-order valence-electron chi connectivity index (χ3n) is 3.70. The van der Waals surface area contributed by atoms with E-state index in [2.05, 4.69) is 22.5 Å². The molecule has 116 valence electrons. The summed E-state index contributed by atoms with van der Waals surface area (Å²) in [4.78, 5) is 16.5. The van der Waals surface area contributed by atoms with Gasteiger partial charge in [0.1, 0.15) is 5.82 Å². The molecule has 1 amide bonds. The molecule has 0 bridgehead atoms. The zero-order valence-electron chi connectivity index (χ0n) is 12.2. The monoisotopic (exact) mass is 311 g/mol. The Hall–Kier alpha value is -1.33. The van der Waals surface area contributed by atoms with E-state index in [1.54, 1.807) is 6.07 Å². The predicted molar refractivity (Wildman–Crippen MR) is 83.8 cm³/mol. The number of nitrogens with zero attached hydrogens (tertiary/aromatic N) is 1. The molecule has 2 atom stereocenters. The van der Waals surface area contributed by atoms with Crippen LogP contribution in [0.4, 0.5) is 5.82 Å². The Morgan fingerprint density at radius 1 is 1.48 bits per heavy atom. The molecule has 0 aromatic carbocycles. The number of aliphatic hydroxyl groups excluding tert-OH is 1. The number of rotatable bonds is 5. The zero-order chi connectivity index (χ0) is 15.2. The second kappa shape index (κ2) is 7.61. The van der Waals surface area contributed by atoms with Crippen molar-refractivity contribution in [3.63, 3.8) is 0 Å². The van der Waals surface area contributed by atoms with Crippen LogP contribution in [0.5, 0.6) is 0 Å². The maximum absolute atomic E-state index is 12.3. The highest BCUT2D eigenvalue weighted by Crippen LogP contribution is 2.21. The van der Waals surface area contributed by atoms with E-state index in [1.807, 2.05) is 0 Å². The molecule has 1 aliphatic carbocycles. The van der Waals surface area contributed by atoms with Crippen molar-refractivity contribution in [2.75, 3.05) is 11.9 Å². The lowest BCUT2D eigenvalue weighted by Crippen LogP contribution is -2.45. The molecule has 3 N–H and O–H groups in total. The Balaban J connectivity index is 2.06. The van der Waals surface area contributed by atoms with Gasteiger partial charge in [0.15, 0.2) is 0 Å². The number of nitrogens with one attached hydrogen (secondary N) is 2. The van der Waals surface area contributed by atoms with E-state index < -0.39 is 6.10 Å². The number of amides is 1. The van der Waals surface area contributed by atoms with E-state index in [9.17, 15) is 9.90 Å². The van der Waals surface area contributed by atoms with E-state index in [1.165, 1.54) is 6.20 Å². The van der Waals surface area contributed by atoms with Crippen LogP contribution in [-0.4, -0.2) is 34.7 Å². The Morgan fingerprint density at radius 3 is 2.95 bits per heavy atom. The Kier molecular flexibility index (Phi) is 5.82. The van der Waals surface area contributed by atoms with E-state index >= 15 is 0 Å². The van der Waals surface area contributed by atoms with Crippen molar-refractivity contribution >= 4 is 23.3 Å². The van der Waals surface area contributed by atoms with Gasteiger partial charge in [-0.25, -0.2) is 4.98 Å². The molecule has 2 unspecified atom stereocenters. The average Bonchev–Trinajstić information content (AvgIpc) is 2.48. The second-order valence-electron chi connectivity index (χ2n) is 5.41. The largest absolute Gasteiger partial charge is 0.391 e. The molecular weight excluding hydrogens is 290 g/mol. The van der Waals surface area contributed by atoms with Crippen LogP contribution in [0.1, 0.15) is 49.4 Å². The standard InChI is InChI=1S/C15H22ClN3O2/c1-2-7-17-14-8-10(11(16)9-18-14)15(21)19-12-5-3-4-6-13(12)20/h8-9,12-13,20H,2-7H2,1H3,(H,17,18)(H,19,21). The topological polar surface area (TPSA) is 74.2 Å². The Labute approximate surface area is 130 Å². The van der Waals surface area contributed by atoms with Gasteiger partial charge in [0, 0.05) is 12.7 Å². The molecule has 0 radical (unpaired) electrons. The number of anilines is 1. The van der Waals surface area contributed by atoms with E-state index in [0.717, 1.165) is 38.6 Å². The number of hydrogen-bond donors (Lipinski definition) is 3. The van der Waals surface area contributed by atoms with Crippen LogP contribution < -0.4 is 10.6 Å². The summed E-state index contributed by atoms with van der Waals surface area (Å²) in [6.45, 7) is 2.85. The van der Waals surface area contributed by atoms with Gasteiger partial charge in [-0.05, 0) is 25.3 Å². The maximum atomic E-state index is 12.3. The van der Waals surface area contributed by atoms with Crippen LogP contribution in [0, 0.1) is 0 Å². The number of aromatic nitrogens is 1. The number of aliphatic hydroxyl groups is 1. The zero-order valence-corrected chi connectivity index (χ0v) is 13.0. The number of pyridine rings is 1. The molecule has 2 rings (SSSR count). The van der Waals surface area contributed by atoms with E-state index in [4.69, 9.17) is 11.6 Å². The highest BCUT2D eigenvalue weighted by Gasteiger charge is 2.25. The third kappa shape index (κ3) is 4.32. The molecule has 6 heteroatoms. The number of hydrogen-bond acceptors (Lipinski definition) is 4. The van der Waals surface area contributed by atoms with Crippen molar-refractivity contribution in [3.8, 4) is 0 Å². The van der Waals surface area contributed by atoms with Gasteiger partial charge < -0.3 is 15.7 Å². The summed E-state index contributed by atoms with van der Waals surface area (Å²) in [7, 11) is 0. The minimum atomic E-state index is -0.471. The van der Waals surface area contributed by atoms with Crippen LogP contribution in [-0.2, 0) is 0 Å². The molecule has 21 heavy (non-hydrogen) atoms. The summed E-state index contributed by atoms with van der Waals surface area (Å²) in [5.41, 5.74) is 0.392. The van der Waals surface area contributed by atoms with Gasteiger partial charge in [0.05, 0.1) is 22.7 Å². The molecule has 1 saturated carbocycles. The van der Waals surface area contributed by atoms with Gasteiger partial charge in [-0.1, -0.05) is 31.4 Å². The molecule has 0 aliphatic heterocycles. The van der Waals surface area contributed by atoms with Crippen molar-refractivity contribution in [3.05, 3.63) is 22.8 Å². The fourth-order valence-electron chi connectivity index (χ4n) is 2.49. The van der Waals surface area contributed by atoms with Gasteiger partial charge in [-0.2, -0.15) is 0 Å². The highest BCUT2D eigenvalue weighted by atomic mass is 35.5. The summed E-state index contributed by atoms with van der Waals surface area (Å²) in [5, 5.41) is 16.3. The summed E-state index contributed by atoms with van der Waals surface area (Å²) >= 11 is 6.07. The van der Waals surface area contributed by atoms with Crippen LogP contribution in [0.3, 0.4) is 0 Å². The van der Waals surface area contributed by atoms with Crippen LogP contribution in [0.25, 0.3) is 0 Å². The van der Waals surface area contributed by atoms with Crippen molar-refractivity contribution in [2.45, 2.75) is 51.2 Å². The first-order valence-corrected chi connectivity index (χ1v) is 7.88. The Bertz CT molecular complexity index is 496. The van der Waals surface area contributed by atoms with Crippen LogP contribution in [0.2, 0.25) is 5.02 Å². The third-order valence-corrected chi connectivity index (χ3v) is 4.00. The molecule has 5 nitrogen and oxygen atoms in total. The van der Waals surface area contributed by atoms with Gasteiger partial charge in [-0.15, -0.1) is 0 Å². The molecule has 0 spiro atoms. The van der Waals surface area contributed by atoms with Gasteiger partial charge in [-0.3, -0.25) is 4.79 Å². The van der Waals surface area contributed by atoms with Crippen molar-refractivity contribution < 1.29 is 9.90 Å². The molecule has 1 aromatic heterocycles. The first-order valence-electron chi connectivity index (χ1n) is 7.50. The van der Waals surface area contributed by atoms with Crippen molar-refractivity contribution in [2.24, 2.45) is 0 Å². The second-order valence-corrected chi connectivity index (χ2v) is 5.82. The van der Waals surface area contributed by atoms with Crippen LogP contribution in [0.15, 0.2) is 12.3 Å². The maximum Gasteiger partial charge on any atom is 0.253 e. The van der Waals surface area contributed by atoms with Gasteiger partial charge >= 0.3 is 0 Å². The predicted octanol–water partition coefficient (Wildman–Crippen LogP) is 2.59. The first kappa shape index (κ1) is 16.0. The summed E-state index contributed by atoms with van der Waals surface area (Å²) in [6.07, 6.45) is 5.55. The van der Waals surface area contributed by atoms with Gasteiger partial charge in [0.25, 0.3) is 5.91 Å².